The van der Waals surface area contributed by atoms with Crippen LogP contribution < -0.4 is 18.1 Å². The first-order valence-corrected chi connectivity index (χ1v) is 22.5. The first kappa shape index (κ1) is 34.2. The van der Waals surface area contributed by atoms with Crippen LogP contribution in [0.15, 0.2) is 237 Å². The summed E-state index contributed by atoms with van der Waals surface area (Å²) < 4.78 is 6.79. The Bertz CT molecular complexity index is 2680. The van der Waals surface area contributed by atoms with E-state index in [1.165, 1.54) is 46.1 Å². The van der Waals surface area contributed by atoms with Gasteiger partial charge in [-0.25, -0.2) is 0 Å². The van der Waals surface area contributed by atoms with E-state index in [0.29, 0.717) is 0 Å². The molecule has 1 heterocycles. The van der Waals surface area contributed by atoms with Crippen molar-refractivity contribution in [3.63, 3.8) is 0 Å². The van der Waals surface area contributed by atoms with Gasteiger partial charge in [0.15, 0.2) is 0 Å². The summed E-state index contributed by atoms with van der Waals surface area (Å²) in [7, 11) is 0. The predicted molar refractivity (Wildman–Crippen MR) is 237 cm³/mol. The van der Waals surface area contributed by atoms with Crippen LogP contribution in [-0.2, 0) is 0 Å². The second-order valence-corrected chi connectivity index (χ2v) is 19.8. The Hall–Kier alpha value is -6.62. The molecule has 0 radical (unpaired) electrons. The van der Waals surface area contributed by atoms with Gasteiger partial charge in [0, 0.05) is 11.1 Å². The fourth-order valence-electron chi connectivity index (χ4n) is 7.78. The average molecular weight is 766 g/mol. The minimum Gasteiger partial charge on any atom is -0.0623 e. The van der Waals surface area contributed by atoms with E-state index >= 15 is 0 Å². The standard InChI is InChI=1S/C52H40GeN2/c1-2-4-13-23-45(24-14-5-3-1)54(48-37-38-52-50(39-48)49-27-17-18-28-51(49)55(52)46-25-15-8-16-26-46)47-35-31-41(32-36-47)40-29-33-44(34-30-40)53(42-19-9-6-10-20-42)43-21-11-7-12-22-43/h1-39,53H. The molecule has 1 aromatic heterocycles. The van der Waals surface area contributed by atoms with Gasteiger partial charge in [0.05, 0.1) is 11.0 Å². The van der Waals surface area contributed by atoms with Crippen molar-refractivity contribution < 1.29 is 0 Å². The van der Waals surface area contributed by atoms with E-state index in [9.17, 15) is 0 Å². The van der Waals surface area contributed by atoms with Crippen molar-refractivity contribution in [2.45, 2.75) is 0 Å². The van der Waals surface area contributed by atoms with Crippen LogP contribution in [-0.4, -0.2) is 18.9 Å². The minimum absolute atomic E-state index is 1.07. The topological polar surface area (TPSA) is 8.17 Å². The molecule has 9 aromatic rings. The number of rotatable bonds is 8. The van der Waals surface area contributed by atoms with Gasteiger partial charge < -0.3 is 4.57 Å². The molecule has 0 aliphatic carbocycles. The molecule has 0 aliphatic heterocycles. The van der Waals surface area contributed by atoms with Crippen molar-refractivity contribution in [3.8, 4) is 16.8 Å². The summed E-state index contributed by atoms with van der Waals surface area (Å²) in [5, 5.41) is 2.45. The smallest absolute Gasteiger partial charge is 0.0623 e. The Labute approximate surface area is 327 Å². The van der Waals surface area contributed by atoms with Gasteiger partial charge in [-0.1, -0.05) is 66.7 Å². The van der Waals surface area contributed by atoms with Crippen LogP contribution in [0.25, 0.3) is 38.6 Å². The molecule has 0 amide bonds. The molecule has 2 nitrogen and oxygen atoms in total. The zero-order chi connectivity index (χ0) is 36.8. The van der Waals surface area contributed by atoms with Crippen LogP contribution in [0.2, 0.25) is 0 Å². The van der Waals surface area contributed by atoms with Crippen molar-refractivity contribution >= 4 is 66.4 Å². The zero-order valence-corrected chi connectivity index (χ0v) is 32.9. The maximum atomic E-state index is 2.37. The number of nitrogens with zero attached hydrogens (tertiary/aromatic N) is 2. The van der Waals surface area contributed by atoms with Crippen molar-refractivity contribution in [3.05, 3.63) is 237 Å². The third-order valence-electron chi connectivity index (χ3n) is 10.4. The van der Waals surface area contributed by atoms with Crippen LogP contribution in [0.4, 0.5) is 17.1 Å². The number of para-hydroxylation sites is 2. The molecular formula is C52H40GeN2. The molecule has 0 aliphatic rings. The Morgan fingerprint density at radius 3 is 1.35 bits per heavy atom. The van der Waals surface area contributed by atoms with Gasteiger partial charge in [0.2, 0.25) is 0 Å². The molecule has 262 valence electrons. The summed E-state index contributed by atoms with van der Waals surface area (Å²) >= 11 is -2.21. The van der Waals surface area contributed by atoms with E-state index < -0.39 is 14.3 Å². The Balaban J connectivity index is 1.12. The molecule has 0 saturated carbocycles. The van der Waals surface area contributed by atoms with Crippen molar-refractivity contribution in [2.75, 3.05) is 4.90 Å². The van der Waals surface area contributed by atoms with Crippen LogP contribution in [0.1, 0.15) is 0 Å². The normalized spacial score (nSPS) is 11.1. The predicted octanol–water partition coefficient (Wildman–Crippen LogP) is 11.3. The van der Waals surface area contributed by atoms with E-state index in [0.717, 1.165) is 22.7 Å². The first-order valence-electron chi connectivity index (χ1n) is 18.9. The average Bonchev–Trinajstić information content (AvgIpc) is 3.59. The molecule has 3 heteroatoms. The van der Waals surface area contributed by atoms with Crippen molar-refractivity contribution in [1.82, 2.24) is 4.57 Å². The first-order chi connectivity index (χ1) is 27.3. The molecule has 0 spiro atoms. The number of hydrogen-bond donors (Lipinski definition) is 0. The number of benzene rings is 7. The summed E-state index contributed by atoms with van der Waals surface area (Å²) in [4.78, 5) is 2.36. The van der Waals surface area contributed by atoms with E-state index in [-0.39, 0.29) is 0 Å². The van der Waals surface area contributed by atoms with Gasteiger partial charge in [-0.3, -0.25) is 0 Å². The summed E-state index contributed by atoms with van der Waals surface area (Å²) in [6, 6.07) is 85.6. The molecule has 0 bridgehead atoms. The Kier molecular flexibility index (Phi) is 9.80. The second-order valence-electron chi connectivity index (χ2n) is 13.8. The van der Waals surface area contributed by atoms with Crippen LogP contribution in [0.3, 0.4) is 0 Å². The molecule has 0 saturated heterocycles. The zero-order valence-electron chi connectivity index (χ0n) is 30.5. The summed E-state index contributed by atoms with van der Waals surface area (Å²) in [5.41, 5.74) is 9.21. The van der Waals surface area contributed by atoms with Crippen LogP contribution in [0.5, 0.6) is 0 Å². The number of hydrogen-bond acceptors (Lipinski definition) is 1. The number of aromatic nitrogens is 1. The van der Waals surface area contributed by atoms with Gasteiger partial charge in [-0.05, 0) is 18.2 Å². The monoisotopic (exact) mass is 766 g/mol. The van der Waals surface area contributed by atoms with Crippen LogP contribution >= 0.6 is 0 Å². The van der Waals surface area contributed by atoms with Crippen LogP contribution in [0, 0.1) is 0 Å². The fraction of sp³-hybridized carbons (Fsp3) is 0. The molecule has 8 aromatic carbocycles. The van der Waals surface area contributed by atoms with Gasteiger partial charge in [0.1, 0.15) is 0 Å². The van der Waals surface area contributed by atoms with Gasteiger partial charge >= 0.3 is 218 Å². The minimum atomic E-state index is -2.21. The molecule has 9 rings (SSSR count). The van der Waals surface area contributed by atoms with Crippen molar-refractivity contribution in [2.24, 2.45) is 0 Å². The van der Waals surface area contributed by atoms with E-state index in [2.05, 4.69) is 240 Å². The molecule has 0 N–H and O–H groups in total. The van der Waals surface area contributed by atoms with Gasteiger partial charge in [-0.2, -0.15) is 0 Å². The molecule has 0 fully saturated rings. The summed E-state index contributed by atoms with van der Waals surface area (Å²) in [6.45, 7) is 0. The Morgan fingerprint density at radius 2 is 0.727 bits per heavy atom. The molecule has 55 heavy (non-hydrogen) atoms. The van der Waals surface area contributed by atoms with Crippen molar-refractivity contribution in [1.29, 1.82) is 0 Å². The van der Waals surface area contributed by atoms with E-state index in [1.807, 2.05) is 6.07 Å². The molecule has 0 atom stereocenters. The summed E-state index contributed by atoms with van der Waals surface area (Å²) in [5.74, 6) is 0. The van der Waals surface area contributed by atoms with E-state index in [4.69, 9.17) is 0 Å². The number of fused-ring (bicyclic) bond motifs is 3. The third kappa shape index (κ3) is 7.08. The third-order valence-corrected chi connectivity index (χ3v) is 17.0. The molecule has 0 unspecified atom stereocenters. The summed E-state index contributed by atoms with van der Waals surface area (Å²) in [6.07, 6.45) is 0. The quantitative estimate of drug-likeness (QED) is 0.140. The van der Waals surface area contributed by atoms with Gasteiger partial charge in [0.25, 0.3) is 0 Å². The second kappa shape index (κ2) is 15.8. The Morgan fingerprint density at radius 1 is 0.309 bits per heavy atom. The SMILES string of the molecule is c1ccccc(N(c2ccc(-c3cc[c]([GeH]([c]4ccccc4)[c]4ccccc4)cc3)cc2)c2ccc3c(c2)c2ccccc2n3-c2ccccc2)cccc1. The maximum absolute atomic E-state index is 2.37. The molecular weight excluding hydrogens is 725 g/mol. The van der Waals surface area contributed by atoms with E-state index in [1.54, 1.807) is 0 Å². The van der Waals surface area contributed by atoms with Gasteiger partial charge in [-0.15, -0.1) is 0 Å². The number of anilines is 3. The fourth-order valence-corrected chi connectivity index (χ4v) is 14.0.